The third-order valence-corrected chi connectivity index (χ3v) is 4.04. The van der Waals surface area contributed by atoms with E-state index in [4.69, 9.17) is 5.11 Å². The molecule has 0 radical (unpaired) electrons. The number of aliphatic hydroxyl groups excluding tert-OH is 1. The van der Waals surface area contributed by atoms with Crippen LogP contribution in [0.25, 0.3) is 0 Å². The highest BCUT2D eigenvalue weighted by Gasteiger charge is 2.19. The van der Waals surface area contributed by atoms with Crippen molar-refractivity contribution in [1.82, 2.24) is 14.4 Å². The van der Waals surface area contributed by atoms with Gasteiger partial charge < -0.3 is 14.8 Å². The summed E-state index contributed by atoms with van der Waals surface area (Å²) in [5, 5.41) is 18.9. The Hall–Kier alpha value is -1.37. The Morgan fingerprint density at radius 3 is 2.40 bits per heavy atom. The minimum Gasteiger partial charge on any atom is -0.503 e. The number of rotatable bonds is 4. The monoisotopic (exact) mass is 281 g/mol. The van der Waals surface area contributed by atoms with Crippen molar-refractivity contribution in [2.24, 2.45) is 7.05 Å². The number of hydrogen-bond donors (Lipinski definition) is 2. The van der Waals surface area contributed by atoms with E-state index >= 15 is 0 Å². The molecule has 1 aromatic rings. The molecule has 0 atom stereocenters. The highest BCUT2D eigenvalue weighted by atomic mass is 16.3. The summed E-state index contributed by atoms with van der Waals surface area (Å²) in [6, 6.07) is 1.46. The molecule has 0 aliphatic carbocycles. The van der Waals surface area contributed by atoms with Gasteiger partial charge in [0.1, 0.15) is 0 Å². The summed E-state index contributed by atoms with van der Waals surface area (Å²) in [5.41, 5.74) is 1.21. The number of aryl methyl sites for hydroxylation is 1. The van der Waals surface area contributed by atoms with Crippen molar-refractivity contribution >= 4 is 0 Å². The van der Waals surface area contributed by atoms with Gasteiger partial charge in [-0.15, -0.1) is 0 Å². The molecule has 2 rings (SSSR count). The lowest BCUT2D eigenvalue weighted by molar-refractivity contribution is 0.106. The molecule has 0 bridgehead atoms. The lowest BCUT2D eigenvalue weighted by Crippen LogP contribution is -2.47. The van der Waals surface area contributed by atoms with Crippen LogP contribution in [0.1, 0.15) is 11.4 Å². The van der Waals surface area contributed by atoms with Crippen molar-refractivity contribution in [3.8, 4) is 5.75 Å². The molecule has 20 heavy (non-hydrogen) atoms. The maximum absolute atomic E-state index is 11.7. The quantitative estimate of drug-likeness (QED) is 0.779. The smallest absolute Gasteiger partial charge is 0.223 e. The van der Waals surface area contributed by atoms with E-state index in [2.05, 4.69) is 9.80 Å². The van der Waals surface area contributed by atoms with E-state index in [1.807, 2.05) is 18.5 Å². The molecule has 1 saturated heterocycles. The number of β-amino-alcohol motifs (C(OH)–C–C–N with tert-alkyl or cyclic N) is 1. The Balaban J connectivity index is 2.07. The van der Waals surface area contributed by atoms with Gasteiger partial charge in [-0.2, -0.15) is 0 Å². The molecule has 0 amide bonds. The van der Waals surface area contributed by atoms with Crippen molar-refractivity contribution in [3.63, 3.8) is 0 Å². The topological polar surface area (TPSA) is 68.9 Å². The zero-order valence-electron chi connectivity index (χ0n) is 12.2. The van der Waals surface area contributed by atoms with Crippen LogP contribution in [0.15, 0.2) is 10.9 Å². The van der Waals surface area contributed by atoms with Gasteiger partial charge in [0.15, 0.2) is 5.75 Å². The maximum Gasteiger partial charge on any atom is 0.223 e. The lowest BCUT2D eigenvalue weighted by atomic mass is 10.2. The van der Waals surface area contributed by atoms with Crippen molar-refractivity contribution in [3.05, 3.63) is 27.7 Å². The fourth-order valence-corrected chi connectivity index (χ4v) is 2.57. The number of aromatic nitrogens is 1. The van der Waals surface area contributed by atoms with Crippen LogP contribution in [0.3, 0.4) is 0 Å². The zero-order valence-corrected chi connectivity index (χ0v) is 12.2. The highest BCUT2D eigenvalue weighted by molar-refractivity contribution is 5.29. The van der Waals surface area contributed by atoms with E-state index in [0.29, 0.717) is 18.8 Å². The Morgan fingerprint density at radius 1 is 1.20 bits per heavy atom. The van der Waals surface area contributed by atoms with Gasteiger partial charge >= 0.3 is 0 Å². The summed E-state index contributed by atoms with van der Waals surface area (Å²) >= 11 is 0. The third kappa shape index (κ3) is 3.20. The molecule has 2 heterocycles. The SMILES string of the molecule is Cc1cc(=O)c(O)c(CN2CCN(CCO)CC2)n1C. The average Bonchev–Trinajstić information content (AvgIpc) is 2.43. The number of nitrogens with zero attached hydrogens (tertiary/aromatic N) is 3. The van der Waals surface area contributed by atoms with Crippen LogP contribution in [0, 0.1) is 6.92 Å². The second-order valence-electron chi connectivity index (χ2n) is 5.35. The first kappa shape index (κ1) is 15.0. The van der Waals surface area contributed by atoms with Crippen molar-refractivity contribution in [1.29, 1.82) is 0 Å². The average molecular weight is 281 g/mol. The fourth-order valence-electron chi connectivity index (χ4n) is 2.57. The van der Waals surface area contributed by atoms with Crippen LogP contribution >= 0.6 is 0 Å². The Morgan fingerprint density at radius 2 is 1.80 bits per heavy atom. The molecule has 1 aromatic heterocycles. The predicted octanol–water partition coefficient (Wildman–Crippen LogP) is -0.491. The van der Waals surface area contributed by atoms with E-state index in [1.165, 1.54) is 6.07 Å². The predicted molar refractivity (Wildman–Crippen MR) is 76.9 cm³/mol. The van der Waals surface area contributed by atoms with Crippen molar-refractivity contribution in [2.75, 3.05) is 39.3 Å². The first-order valence-corrected chi connectivity index (χ1v) is 6.97. The summed E-state index contributed by atoms with van der Waals surface area (Å²) in [6.45, 7) is 6.90. The molecule has 1 aliphatic rings. The van der Waals surface area contributed by atoms with E-state index in [1.54, 1.807) is 0 Å². The summed E-state index contributed by atoms with van der Waals surface area (Å²) in [5.74, 6) is -0.143. The van der Waals surface area contributed by atoms with Crippen LogP contribution in [0.2, 0.25) is 0 Å². The molecule has 0 spiro atoms. The Labute approximate surface area is 118 Å². The number of piperazine rings is 1. The highest BCUT2D eigenvalue weighted by Crippen LogP contribution is 2.16. The Kier molecular flexibility index (Phi) is 4.80. The van der Waals surface area contributed by atoms with Crippen LogP contribution in [0.5, 0.6) is 5.75 Å². The van der Waals surface area contributed by atoms with Gasteiger partial charge in [-0.25, -0.2) is 0 Å². The van der Waals surface area contributed by atoms with Gasteiger partial charge in [0.25, 0.3) is 0 Å². The van der Waals surface area contributed by atoms with E-state index in [-0.39, 0.29) is 17.8 Å². The third-order valence-electron chi connectivity index (χ3n) is 4.04. The largest absolute Gasteiger partial charge is 0.503 e. The summed E-state index contributed by atoms with van der Waals surface area (Å²) in [6.07, 6.45) is 0. The molecule has 6 nitrogen and oxygen atoms in total. The number of aromatic hydroxyl groups is 1. The van der Waals surface area contributed by atoms with Crippen LogP contribution in [-0.2, 0) is 13.6 Å². The molecular formula is C14H23N3O3. The molecule has 0 aromatic carbocycles. The van der Waals surface area contributed by atoms with Gasteiger partial charge in [0.05, 0.1) is 12.3 Å². The van der Waals surface area contributed by atoms with Gasteiger partial charge in [-0.1, -0.05) is 0 Å². The van der Waals surface area contributed by atoms with Crippen LogP contribution in [-0.4, -0.2) is 63.9 Å². The molecule has 6 heteroatoms. The summed E-state index contributed by atoms with van der Waals surface area (Å²) in [7, 11) is 1.87. The second kappa shape index (κ2) is 6.39. The minimum absolute atomic E-state index is 0.143. The molecular weight excluding hydrogens is 258 g/mol. The number of hydrogen-bond acceptors (Lipinski definition) is 5. The molecule has 1 fully saturated rings. The van der Waals surface area contributed by atoms with E-state index in [9.17, 15) is 9.90 Å². The number of pyridine rings is 1. The van der Waals surface area contributed by atoms with Gasteiger partial charge in [-0.05, 0) is 6.92 Å². The molecule has 0 unspecified atom stereocenters. The standard InChI is InChI=1S/C14H23N3O3/c1-11-9-13(19)14(20)12(15(11)2)10-17-5-3-16(4-6-17)7-8-18/h9,18,20H,3-8,10H2,1-2H3. The Bertz CT molecular complexity index is 519. The maximum atomic E-state index is 11.7. The fraction of sp³-hybridized carbons (Fsp3) is 0.643. The van der Waals surface area contributed by atoms with Gasteiger partial charge in [0, 0.05) is 58.1 Å². The molecule has 1 aliphatic heterocycles. The summed E-state index contributed by atoms with van der Waals surface area (Å²) < 4.78 is 1.87. The van der Waals surface area contributed by atoms with Gasteiger partial charge in [-0.3, -0.25) is 14.6 Å². The minimum atomic E-state index is -0.311. The second-order valence-corrected chi connectivity index (χ2v) is 5.35. The normalized spacial score (nSPS) is 17.6. The van der Waals surface area contributed by atoms with Crippen molar-refractivity contribution in [2.45, 2.75) is 13.5 Å². The van der Waals surface area contributed by atoms with Crippen LogP contribution in [0.4, 0.5) is 0 Å². The van der Waals surface area contributed by atoms with Crippen molar-refractivity contribution < 1.29 is 10.2 Å². The summed E-state index contributed by atoms with van der Waals surface area (Å²) in [4.78, 5) is 16.1. The van der Waals surface area contributed by atoms with E-state index < -0.39 is 0 Å². The van der Waals surface area contributed by atoms with E-state index in [0.717, 1.165) is 31.9 Å². The van der Waals surface area contributed by atoms with Gasteiger partial charge in [0.2, 0.25) is 5.43 Å². The van der Waals surface area contributed by atoms with Crippen LogP contribution < -0.4 is 5.43 Å². The number of aliphatic hydroxyl groups is 1. The molecule has 0 saturated carbocycles. The lowest BCUT2D eigenvalue weighted by Gasteiger charge is -2.34. The molecule has 112 valence electrons. The molecule has 2 N–H and O–H groups in total. The first-order valence-electron chi connectivity index (χ1n) is 6.97. The zero-order chi connectivity index (χ0) is 14.7. The first-order chi connectivity index (χ1) is 9.52.